The second kappa shape index (κ2) is 9.30. The summed E-state index contributed by atoms with van der Waals surface area (Å²) < 4.78 is 13.9. The lowest BCUT2D eigenvalue weighted by Gasteiger charge is -2.37. The van der Waals surface area contributed by atoms with Gasteiger partial charge in [0.15, 0.2) is 0 Å². The molecule has 4 nitrogen and oxygen atoms in total. The molecular formula is C20H30FN3O. The summed E-state index contributed by atoms with van der Waals surface area (Å²) in [5, 5.41) is 3.40. The van der Waals surface area contributed by atoms with Gasteiger partial charge in [0.25, 0.3) is 0 Å². The first kappa shape index (κ1) is 18.3. The highest BCUT2D eigenvalue weighted by Gasteiger charge is 2.26. The minimum Gasteiger partial charge on any atom is -0.337 e. The van der Waals surface area contributed by atoms with E-state index in [-0.39, 0.29) is 24.2 Å². The lowest BCUT2D eigenvalue weighted by molar-refractivity contribution is -0.133. The molecule has 0 spiro atoms. The highest BCUT2D eigenvalue weighted by molar-refractivity contribution is 5.79. The second-order valence-electron chi connectivity index (χ2n) is 7.26. The highest BCUT2D eigenvalue weighted by atomic mass is 19.1. The largest absolute Gasteiger partial charge is 0.337 e. The van der Waals surface area contributed by atoms with Crippen LogP contribution in [0.4, 0.5) is 4.39 Å². The van der Waals surface area contributed by atoms with E-state index in [1.807, 2.05) is 4.90 Å². The predicted octanol–water partition coefficient (Wildman–Crippen LogP) is 2.43. The molecule has 1 aromatic carbocycles. The molecule has 0 radical (unpaired) electrons. The third-order valence-electron chi connectivity index (χ3n) is 5.44. The first-order valence-electron chi connectivity index (χ1n) is 9.70. The van der Waals surface area contributed by atoms with E-state index in [4.69, 9.17) is 0 Å². The molecule has 25 heavy (non-hydrogen) atoms. The molecule has 1 aromatic rings. The number of likely N-dealkylation sites (tertiary alicyclic amines) is 1. The van der Waals surface area contributed by atoms with Crippen molar-refractivity contribution in [3.8, 4) is 0 Å². The Morgan fingerprint density at radius 3 is 2.72 bits per heavy atom. The van der Waals surface area contributed by atoms with Gasteiger partial charge in [-0.3, -0.25) is 4.79 Å². The van der Waals surface area contributed by atoms with Crippen LogP contribution >= 0.6 is 0 Å². The Morgan fingerprint density at radius 2 is 2.00 bits per heavy atom. The molecule has 2 aliphatic heterocycles. The summed E-state index contributed by atoms with van der Waals surface area (Å²) in [5.74, 6) is -0.232. The Morgan fingerprint density at radius 1 is 1.20 bits per heavy atom. The average molecular weight is 347 g/mol. The topological polar surface area (TPSA) is 35.6 Å². The summed E-state index contributed by atoms with van der Waals surface area (Å²) in [5.41, 5.74) is 0.499. The Kier molecular flexibility index (Phi) is 6.82. The number of hydrogen-bond donors (Lipinski definition) is 1. The van der Waals surface area contributed by atoms with Crippen LogP contribution in [0.5, 0.6) is 0 Å². The molecule has 3 rings (SSSR count). The van der Waals surface area contributed by atoms with Crippen molar-refractivity contribution in [1.82, 2.24) is 15.1 Å². The predicted molar refractivity (Wildman–Crippen MR) is 98.0 cm³/mol. The van der Waals surface area contributed by atoms with Crippen molar-refractivity contribution in [2.45, 2.75) is 44.6 Å². The first-order valence-corrected chi connectivity index (χ1v) is 9.70. The Bertz CT molecular complexity index is 554. The van der Waals surface area contributed by atoms with E-state index in [1.54, 1.807) is 18.2 Å². The smallest absolute Gasteiger partial charge is 0.227 e. The molecule has 1 amide bonds. The van der Waals surface area contributed by atoms with Crippen molar-refractivity contribution in [3.05, 3.63) is 35.6 Å². The van der Waals surface area contributed by atoms with E-state index < -0.39 is 0 Å². The van der Waals surface area contributed by atoms with Crippen LogP contribution in [0.3, 0.4) is 0 Å². The summed E-state index contributed by atoms with van der Waals surface area (Å²) in [6, 6.07) is 6.85. The average Bonchev–Trinajstić information content (AvgIpc) is 2.65. The van der Waals surface area contributed by atoms with Crippen LogP contribution < -0.4 is 5.32 Å². The van der Waals surface area contributed by atoms with Crippen molar-refractivity contribution >= 4 is 5.91 Å². The minimum atomic E-state index is -0.284. The number of amides is 1. The van der Waals surface area contributed by atoms with Gasteiger partial charge in [-0.05, 0) is 56.9 Å². The monoisotopic (exact) mass is 347 g/mol. The SMILES string of the molecule is O=C(Cc1ccccc1F)N(CCN1CCCCC1)C1CCCNC1. The van der Waals surface area contributed by atoms with E-state index >= 15 is 0 Å². The lowest BCUT2D eigenvalue weighted by atomic mass is 10.0. The maximum Gasteiger partial charge on any atom is 0.227 e. The molecule has 1 unspecified atom stereocenters. The molecule has 0 bridgehead atoms. The zero-order chi connectivity index (χ0) is 17.5. The van der Waals surface area contributed by atoms with Gasteiger partial charge < -0.3 is 15.1 Å². The normalized spacial score (nSPS) is 21.9. The van der Waals surface area contributed by atoms with Gasteiger partial charge in [-0.1, -0.05) is 24.6 Å². The van der Waals surface area contributed by atoms with Gasteiger partial charge in [-0.15, -0.1) is 0 Å². The Labute approximate surface area is 150 Å². The molecule has 2 saturated heterocycles. The lowest BCUT2D eigenvalue weighted by Crippen LogP contribution is -2.51. The summed E-state index contributed by atoms with van der Waals surface area (Å²) in [6.07, 6.45) is 6.12. The van der Waals surface area contributed by atoms with Crippen LogP contribution in [0.25, 0.3) is 0 Å². The van der Waals surface area contributed by atoms with E-state index in [9.17, 15) is 9.18 Å². The number of piperidine rings is 2. The number of nitrogens with one attached hydrogen (secondary N) is 1. The number of halogens is 1. The fourth-order valence-electron chi connectivity index (χ4n) is 3.95. The minimum absolute atomic E-state index is 0.0517. The number of benzene rings is 1. The quantitative estimate of drug-likeness (QED) is 0.858. The number of carbonyl (C=O) groups excluding carboxylic acids is 1. The molecule has 2 heterocycles. The maximum atomic E-state index is 13.9. The van der Waals surface area contributed by atoms with E-state index in [1.165, 1.54) is 25.3 Å². The van der Waals surface area contributed by atoms with Crippen molar-refractivity contribution in [2.75, 3.05) is 39.3 Å². The van der Waals surface area contributed by atoms with Crippen molar-refractivity contribution in [1.29, 1.82) is 0 Å². The van der Waals surface area contributed by atoms with Crippen LogP contribution in [0, 0.1) is 5.82 Å². The molecule has 2 fully saturated rings. The fourth-order valence-corrected chi connectivity index (χ4v) is 3.95. The van der Waals surface area contributed by atoms with Gasteiger partial charge in [0.2, 0.25) is 5.91 Å². The van der Waals surface area contributed by atoms with Crippen molar-refractivity contribution in [3.63, 3.8) is 0 Å². The van der Waals surface area contributed by atoms with Gasteiger partial charge in [0.1, 0.15) is 5.82 Å². The third kappa shape index (κ3) is 5.25. The van der Waals surface area contributed by atoms with E-state index in [0.717, 1.165) is 52.1 Å². The summed E-state index contributed by atoms with van der Waals surface area (Å²) in [7, 11) is 0. The Balaban J connectivity index is 1.64. The van der Waals surface area contributed by atoms with Crippen LogP contribution in [0.1, 0.15) is 37.7 Å². The number of hydrogen-bond acceptors (Lipinski definition) is 3. The molecule has 0 saturated carbocycles. The second-order valence-corrected chi connectivity index (χ2v) is 7.26. The molecule has 0 aliphatic carbocycles. The van der Waals surface area contributed by atoms with E-state index in [0.29, 0.717) is 5.56 Å². The summed E-state index contributed by atoms with van der Waals surface area (Å²) in [6.45, 7) is 5.83. The summed E-state index contributed by atoms with van der Waals surface area (Å²) >= 11 is 0. The van der Waals surface area contributed by atoms with Gasteiger partial charge in [-0.2, -0.15) is 0 Å². The molecule has 5 heteroatoms. The van der Waals surface area contributed by atoms with Crippen LogP contribution in [0.15, 0.2) is 24.3 Å². The van der Waals surface area contributed by atoms with Gasteiger partial charge in [0, 0.05) is 25.7 Å². The number of nitrogens with zero attached hydrogens (tertiary/aromatic N) is 2. The molecule has 0 aromatic heterocycles. The molecule has 1 N–H and O–H groups in total. The number of rotatable bonds is 6. The zero-order valence-electron chi connectivity index (χ0n) is 15.1. The van der Waals surface area contributed by atoms with Gasteiger partial charge in [-0.25, -0.2) is 4.39 Å². The molecule has 2 aliphatic rings. The third-order valence-corrected chi connectivity index (χ3v) is 5.44. The van der Waals surface area contributed by atoms with Crippen molar-refractivity contribution < 1.29 is 9.18 Å². The molecule has 138 valence electrons. The van der Waals surface area contributed by atoms with Gasteiger partial charge in [0.05, 0.1) is 6.42 Å². The maximum absolute atomic E-state index is 13.9. The fraction of sp³-hybridized carbons (Fsp3) is 0.650. The standard InChI is InChI=1S/C20H30FN3O/c21-19-9-3-2-7-17(19)15-20(25)24(18-8-6-10-22-16-18)14-13-23-11-4-1-5-12-23/h2-3,7,9,18,22H,1,4-6,8,10-16H2. The first-order chi connectivity index (χ1) is 12.2. The van der Waals surface area contributed by atoms with Gasteiger partial charge >= 0.3 is 0 Å². The zero-order valence-corrected chi connectivity index (χ0v) is 15.1. The number of carbonyl (C=O) groups is 1. The van der Waals surface area contributed by atoms with Crippen molar-refractivity contribution in [2.24, 2.45) is 0 Å². The highest BCUT2D eigenvalue weighted by Crippen LogP contribution is 2.16. The van der Waals surface area contributed by atoms with E-state index in [2.05, 4.69) is 10.2 Å². The van der Waals surface area contributed by atoms with Crippen LogP contribution in [-0.4, -0.2) is 61.0 Å². The van der Waals surface area contributed by atoms with Crippen LogP contribution in [0.2, 0.25) is 0 Å². The molecule has 1 atom stereocenters. The molecular weight excluding hydrogens is 317 g/mol. The summed E-state index contributed by atoms with van der Waals surface area (Å²) in [4.78, 5) is 17.4. The van der Waals surface area contributed by atoms with Crippen LogP contribution in [-0.2, 0) is 11.2 Å². The Hall–Kier alpha value is -1.46.